The number of nitrogens with one attached hydrogen (secondary N) is 1. The molecule has 0 fully saturated rings. The summed E-state index contributed by atoms with van der Waals surface area (Å²) in [6, 6.07) is 17.5. The number of nitrogens with zero attached hydrogens (tertiary/aromatic N) is 2. The molecular formula is C21H15N3O2S2. The van der Waals surface area contributed by atoms with Crippen LogP contribution in [0.4, 0.5) is 0 Å². The van der Waals surface area contributed by atoms with Gasteiger partial charge in [-0.2, -0.15) is 0 Å². The average molecular weight is 406 g/mol. The molecule has 0 radical (unpaired) electrons. The molecule has 3 heterocycles. The van der Waals surface area contributed by atoms with Crippen molar-refractivity contribution in [3.8, 4) is 11.1 Å². The average Bonchev–Trinajstić information content (AvgIpc) is 3.32. The summed E-state index contributed by atoms with van der Waals surface area (Å²) in [6.07, 6.45) is 0. The first-order chi connectivity index (χ1) is 13.7. The van der Waals surface area contributed by atoms with Gasteiger partial charge in [0.1, 0.15) is 16.2 Å². The van der Waals surface area contributed by atoms with E-state index in [4.69, 9.17) is 9.40 Å². The molecule has 138 valence electrons. The number of hydrogen-bond donors (Lipinski definition) is 1. The molecule has 0 saturated heterocycles. The maximum absolute atomic E-state index is 12.8. The first-order valence-corrected chi connectivity index (χ1v) is 10.5. The van der Waals surface area contributed by atoms with Crippen molar-refractivity contribution in [2.45, 2.75) is 17.4 Å². The number of aromatic amines is 1. The van der Waals surface area contributed by atoms with Crippen molar-refractivity contribution >= 4 is 44.4 Å². The monoisotopic (exact) mass is 405 g/mol. The van der Waals surface area contributed by atoms with E-state index in [-0.39, 0.29) is 10.8 Å². The molecule has 3 aromatic heterocycles. The minimum absolute atomic E-state index is 0.104. The van der Waals surface area contributed by atoms with E-state index in [1.165, 1.54) is 23.1 Å². The molecule has 5 rings (SSSR count). The maximum atomic E-state index is 12.8. The largest absolute Gasteiger partial charge is 0.431 e. The molecule has 2 aromatic carbocycles. The van der Waals surface area contributed by atoms with Gasteiger partial charge in [-0.05, 0) is 24.6 Å². The van der Waals surface area contributed by atoms with Crippen LogP contribution in [-0.4, -0.2) is 15.0 Å². The van der Waals surface area contributed by atoms with Crippen molar-refractivity contribution in [3.63, 3.8) is 0 Å². The quantitative estimate of drug-likeness (QED) is 0.391. The Morgan fingerprint density at radius 3 is 2.68 bits per heavy atom. The number of benzene rings is 2. The van der Waals surface area contributed by atoms with Crippen LogP contribution in [-0.2, 0) is 0 Å². The second kappa shape index (κ2) is 6.92. The van der Waals surface area contributed by atoms with Crippen LogP contribution in [0.2, 0.25) is 0 Å². The van der Waals surface area contributed by atoms with Crippen LogP contribution >= 0.6 is 23.1 Å². The molecule has 5 aromatic rings. The van der Waals surface area contributed by atoms with Crippen molar-refractivity contribution in [2.24, 2.45) is 0 Å². The zero-order valence-corrected chi connectivity index (χ0v) is 16.5. The van der Waals surface area contributed by atoms with Gasteiger partial charge in [-0.3, -0.25) is 4.79 Å². The number of thiophene rings is 1. The lowest BCUT2D eigenvalue weighted by Gasteiger charge is -2.08. The molecule has 28 heavy (non-hydrogen) atoms. The van der Waals surface area contributed by atoms with Gasteiger partial charge in [-0.25, -0.2) is 9.97 Å². The summed E-state index contributed by atoms with van der Waals surface area (Å²) in [4.78, 5) is 25.7. The van der Waals surface area contributed by atoms with Crippen LogP contribution in [0.1, 0.15) is 18.0 Å². The van der Waals surface area contributed by atoms with Gasteiger partial charge < -0.3 is 9.40 Å². The lowest BCUT2D eigenvalue weighted by molar-refractivity contribution is 0.488. The van der Waals surface area contributed by atoms with E-state index >= 15 is 0 Å². The lowest BCUT2D eigenvalue weighted by Crippen LogP contribution is -2.12. The first kappa shape index (κ1) is 17.2. The Balaban J connectivity index is 1.50. The molecule has 5 nitrogen and oxygen atoms in total. The Bertz CT molecular complexity index is 1310. The standard InChI is InChI=1S/C21H15N3O2S2/c1-12(28-21-22-15-9-5-6-10-16(15)26-21)18-23-19(25)17-14(11-27-20(17)24-18)13-7-3-2-4-8-13/h2-12H,1H3,(H,23,24,25)/t12-/m0/s1. The predicted octanol–water partition coefficient (Wildman–Crippen LogP) is 5.65. The maximum Gasteiger partial charge on any atom is 0.260 e. The minimum Gasteiger partial charge on any atom is -0.431 e. The van der Waals surface area contributed by atoms with Gasteiger partial charge in [0, 0.05) is 10.9 Å². The van der Waals surface area contributed by atoms with Crippen LogP contribution in [0.3, 0.4) is 0 Å². The summed E-state index contributed by atoms with van der Waals surface area (Å²) in [5.74, 6) is 0.617. The van der Waals surface area contributed by atoms with Crippen molar-refractivity contribution in [1.29, 1.82) is 0 Å². The van der Waals surface area contributed by atoms with Crippen LogP contribution in [0.25, 0.3) is 32.4 Å². The number of H-pyrrole nitrogens is 1. The molecule has 1 atom stereocenters. The number of fused-ring (bicyclic) bond motifs is 2. The number of oxazole rings is 1. The highest BCUT2D eigenvalue weighted by Crippen LogP contribution is 2.36. The third-order valence-electron chi connectivity index (χ3n) is 4.48. The Labute approximate surface area is 168 Å². The predicted molar refractivity (Wildman–Crippen MR) is 114 cm³/mol. The minimum atomic E-state index is -0.120. The Morgan fingerprint density at radius 1 is 1.07 bits per heavy atom. The molecule has 1 N–H and O–H groups in total. The molecule has 0 aliphatic heterocycles. The van der Waals surface area contributed by atoms with Gasteiger partial charge in [0.2, 0.25) is 0 Å². The highest BCUT2D eigenvalue weighted by Gasteiger charge is 2.18. The highest BCUT2D eigenvalue weighted by molar-refractivity contribution is 7.99. The van der Waals surface area contributed by atoms with Crippen LogP contribution in [0.5, 0.6) is 0 Å². The smallest absolute Gasteiger partial charge is 0.260 e. The highest BCUT2D eigenvalue weighted by atomic mass is 32.2. The number of rotatable bonds is 4. The molecule has 0 aliphatic rings. The Morgan fingerprint density at radius 2 is 1.86 bits per heavy atom. The summed E-state index contributed by atoms with van der Waals surface area (Å²) < 4.78 is 5.77. The van der Waals surface area contributed by atoms with Gasteiger partial charge in [-0.15, -0.1) is 11.3 Å². The molecule has 0 bridgehead atoms. The molecule has 0 amide bonds. The van der Waals surface area contributed by atoms with Gasteiger partial charge in [0.15, 0.2) is 5.58 Å². The van der Waals surface area contributed by atoms with Gasteiger partial charge in [0.25, 0.3) is 10.8 Å². The number of thioether (sulfide) groups is 1. The van der Waals surface area contributed by atoms with Gasteiger partial charge in [0.05, 0.1) is 10.6 Å². The van der Waals surface area contributed by atoms with Gasteiger partial charge in [-0.1, -0.05) is 54.2 Å². The summed E-state index contributed by atoms with van der Waals surface area (Å²) in [5, 5.41) is 3.09. The third-order valence-corrected chi connectivity index (χ3v) is 6.31. The fourth-order valence-electron chi connectivity index (χ4n) is 3.10. The first-order valence-electron chi connectivity index (χ1n) is 8.78. The van der Waals surface area contributed by atoms with E-state index in [0.29, 0.717) is 16.4 Å². The summed E-state index contributed by atoms with van der Waals surface area (Å²) in [5.41, 5.74) is 3.38. The second-order valence-electron chi connectivity index (χ2n) is 6.35. The number of para-hydroxylation sites is 2. The number of aromatic nitrogens is 3. The van der Waals surface area contributed by atoms with E-state index in [2.05, 4.69) is 9.97 Å². The fourth-order valence-corrected chi connectivity index (χ4v) is 4.87. The zero-order chi connectivity index (χ0) is 19.1. The Hall–Kier alpha value is -2.90. The molecule has 0 unspecified atom stereocenters. The SMILES string of the molecule is C[C@H](Sc1nc2ccccc2o1)c1nc2scc(-c3ccccc3)c2c(=O)[nH]1. The third kappa shape index (κ3) is 3.02. The van der Waals surface area contributed by atoms with E-state index in [1.807, 2.05) is 66.9 Å². The van der Waals surface area contributed by atoms with Crippen molar-refractivity contribution in [2.75, 3.05) is 0 Å². The molecule has 0 saturated carbocycles. The Kier molecular flexibility index (Phi) is 4.26. The van der Waals surface area contributed by atoms with Gasteiger partial charge >= 0.3 is 0 Å². The van der Waals surface area contributed by atoms with E-state index in [1.54, 1.807) is 0 Å². The van der Waals surface area contributed by atoms with Crippen LogP contribution in [0.15, 0.2) is 74.4 Å². The van der Waals surface area contributed by atoms with Crippen molar-refractivity contribution in [1.82, 2.24) is 15.0 Å². The van der Waals surface area contributed by atoms with Crippen molar-refractivity contribution < 1.29 is 4.42 Å². The van der Waals surface area contributed by atoms with Crippen molar-refractivity contribution in [3.05, 3.63) is 76.2 Å². The van der Waals surface area contributed by atoms with Crippen LogP contribution < -0.4 is 5.56 Å². The zero-order valence-electron chi connectivity index (χ0n) is 14.9. The topological polar surface area (TPSA) is 71.8 Å². The summed E-state index contributed by atoms with van der Waals surface area (Å²) >= 11 is 2.92. The summed E-state index contributed by atoms with van der Waals surface area (Å²) in [7, 11) is 0. The van der Waals surface area contributed by atoms with E-state index in [9.17, 15) is 4.79 Å². The second-order valence-corrected chi connectivity index (χ2v) is 8.50. The van der Waals surface area contributed by atoms with Crippen LogP contribution in [0, 0.1) is 0 Å². The summed E-state index contributed by atoms with van der Waals surface area (Å²) in [6.45, 7) is 1.98. The van der Waals surface area contributed by atoms with E-state index in [0.717, 1.165) is 27.1 Å². The normalized spacial score (nSPS) is 12.6. The van der Waals surface area contributed by atoms with E-state index < -0.39 is 0 Å². The molecular weight excluding hydrogens is 390 g/mol. The fraction of sp³-hybridized carbons (Fsp3) is 0.0952. The molecule has 7 heteroatoms. The molecule has 0 spiro atoms. The molecule has 0 aliphatic carbocycles. The number of hydrogen-bond acceptors (Lipinski definition) is 6. The lowest BCUT2D eigenvalue weighted by atomic mass is 10.1.